The van der Waals surface area contributed by atoms with Crippen molar-refractivity contribution in [3.05, 3.63) is 72.0 Å². The van der Waals surface area contributed by atoms with Crippen LogP contribution >= 0.6 is 12.2 Å². The highest BCUT2D eigenvalue weighted by Gasteiger charge is 2.35. The molecule has 2 aromatic carbocycles. The lowest BCUT2D eigenvalue weighted by Crippen LogP contribution is -2.41. The molecule has 0 unspecified atom stereocenters. The smallest absolute Gasteiger partial charge is 0.234 e. The van der Waals surface area contributed by atoms with Gasteiger partial charge in [0.15, 0.2) is 5.11 Å². The Morgan fingerprint density at radius 1 is 1.08 bits per heavy atom. The normalized spacial score (nSPS) is 18.9. The number of nitrogens with zero attached hydrogens (tertiary/aromatic N) is 3. The van der Waals surface area contributed by atoms with Crippen LogP contribution in [0.2, 0.25) is 0 Å². The van der Waals surface area contributed by atoms with Crippen molar-refractivity contribution >= 4 is 29.1 Å². The molecule has 1 aromatic heterocycles. The van der Waals surface area contributed by atoms with Crippen molar-refractivity contribution < 1.29 is 9.13 Å². The molecule has 0 amide bonds. The summed E-state index contributed by atoms with van der Waals surface area (Å²) in [6.07, 6.45) is 6.75. The third kappa shape index (κ3) is 6.36. The second kappa shape index (κ2) is 11.4. The Hall–Kier alpha value is -3.26. The van der Waals surface area contributed by atoms with Gasteiger partial charge in [-0.15, -0.1) is 0 Å². The van der Waals surface area contributed by atoms with Crippen molar-refractivity contribution in [3.8, 4) is 11.6 Å². The number of hydrogen-bond acceptors (Lipinski definition) is 5. The van der Waals surface area contributed by atoms with Crippen molar-refractivity contribution in [2.45, 2.75) is 50.9 Å². The topological polar surface area (TPSA) is 62.3 Å². The highest BCUT2D eigenvalue weighted by atomic mass is 32.1. The van der Waals surface area contributed by atoms with Crippen molar-refractivity contribution in [2.24, 2.45) is 5.92 Å². The van der Waals surface area contributed by atoms with Crippen LogP contribution in [0.25, 0.3) is 0 Å². The summed E-state index contributed by atoms with van der Waals surface area (Å²) < 4.78 is 19.6. The standard InChI is InChI=1S/C29H34FN5OS/c1-21-8-7-17-35(19-21)25-18-26(36-24-9-3-2-4-10-24)33-27(32-25)34-28(37)31-20-29(15-5-6-16-29)22-11-13-23(30)14-12-22/h2-4,9-14,18,21H,5-8,15-17,19-20H2,1H3,(H2,31,32,33,34,37)/t21-/m1/s1. The number of hydrogen-bond donors (Lipinski definition) is 2. The Kier molecular flexibility index (Phi) is 7.84. The first-order valence-corrected chi connectivity index (χ1v) is 13.6. The Bertz CT molecular complexity index is 1200. The van der Waals surface area contributed by atoms with Crippen LogP contribution in [0.5, 0.6) is 11.6 Å². The van der Waals surface area contributed by atoms with E-state index in [1.54, 1.807) is 12.1 Å². The van der Waals surface area contributed by atoms with Crippen molar-refractivity contribution in [3.63, 3.8) is 0 Å². The van der Waals surface area contributed by atoms with Crippen molar-refractivity contribution in [1.29, 1.82) is 0 Å². The van der Waals surface area contributed by atoms with E-state index in [4.69, 9.17) is 21.9 Å². The fourth-order valence-electron chi connectivity index (χ4n) is 5.51. The summed E-state index contributed by atoms with van der Waals surface area (Å²) in [5.74, 6) is 2.82. The Labute approximate surface area is 223 Å². The van der Waals surface area contributed by atoms with Crippen molar-refractivity contribution in [2.75, 3.05) is 29.9 Å². The molecule has 2 aliphatic rings. The maximum absolute atomic E-state index is 13.5. The largest absolute Gasteiger partial charge is 0.439 e. The molecule has 8 heteroatoms. The quantitative estimate of drug-likeness (QED) is 0.348. The Balaban J connectivity index is 1.32. The van der Waals surface area contributed by atoms with Crippen LogP contribution in [0.3, 0.4) is 0 Å². The molecule has 2 N–H and O–H groups in total. The van der Waals surface area contributed by atoms with Gasteiger partial charge >= 0.3 is 0 Å². The van der Waals surface area contributed by atoms with Crippen LogP contribution in [0.15, 0.2) is 60.7 Å². The predicted molar refractivity (Wildman–Crippen MR) is 150 cm³/mol. The van der Waals surface area contributed by atoms with E-state index in [9.17, 15) is 4.39 Å². The van der Waals surface area contributed by atoms with Crippen LogP contribution in [0.1, 0.15) is 51.0 Å². The van der Waals surface area contributed by atoms with Crippen LogP contribution < -0.4 is 20.3 Å². The van der Waals surface area contributed by atoms with Gasteiger partial charge in [-0.05, 0) is 73.6 Å². The second-order valence-corrected chi connectivity index (χ2v) is 10.7. The first-order chi connectivity index (χ1) is 18.0. The number of benzene rings is 2. The molecule has 37 heavy (non-hydrogen) atoms. The van der Waals surface area contributed by atoms with Gasteiger partial charge in [0, 0.05) is 31.1 Å². The molecular formula is C29H34FN5OS. The summed E-state index contributed by atoms with van der Waals surface area (Å²) in [7, 11) is 0. The lowest BCUT2D eigenvalue weighted by molar-refractivity contribution is 0.434. The second-order valence-electron chi connectivity index (χ2n) is 10.3. The number of rotatable bonds is 7. The van der Waals surface area contributed by atoms with Gasteiger partial charge in [0.25, 0.3) is 0 Å². The van der Waals surface area contributed by atoms with Gasteiger partial charge in [0.1, 0.15) is 17.4 Å². The highest BCUT2D eigenvalue weighted by molar-refractivity contribution is 7.80. The minimum atomic E-state index is -0.212. The zero-order valence-electron chi connectivity index (χ0n) is 21.3. The number of para-hydroxylation sites is 1. The van der Waals surface area contributed by atoms with Gasteiger partial charge in [-0.25, -0.2) is 4.39 Å². The number of piperidine rings is 1. The molecule has 5 rings (SSSR count). The first-order valence-electron chi connectivity index (χ1n) is 13.2. The molecule has 1 saturated heterocycles. The van der Waals surface area contributed by atoms with Gasteiger partial charge in [0.05, 0.1) is 0 Å². The van der Waals surface area contributed by atoms with E-state index in [0.717, 1.165) is 56.6 Å². The monoisotopic (exact) mass is 519 g/mol. The number of halogens is 1. The molecule has 0 bridgehead atoms. The first kappa shape index (κ1) is 25.4. The molecule has 2 heterocycles. The molecule has 1 aliphatic carbocycles. The fraction of sp³-hybridized carbons (Fsp3) is 0.414. The Morgan fingerprint density at radius 2 is 1.84 bits per heavy atom. The number of nitrogens with one attached hydrogen (secondary N) is 2. The molecule has 3 aromatic rings. The third-order valence-electron chi connectivity index (χ3n) is 7.47. The van der Waals surface area contributed by atoms with Crippen LogP contribution in [-0.2, 0) is 5.41 Å². The van der Waals surface area contributed by atoms with E-state index in [0.29, 0.717) is 35.2 Å². The highest BCUT2D eigenvalue weighted by Crippen LogP contribution is 2.40. The summed E-state index contributed by atoms with van der Waals surface area (Å²) in [5.41, 5.74) is 1.09. The van der Waals surface area contributed by atoms with Crippen LogP contribution in [0.4, 0.5) is 16.2 Å². The Morgan fingerprint density at radius 3 is 2.57 bits per heavy atom. The number of thiocarbonyl (C=S) groups is 1. The average Bonchev–Trinajstić information content (AvgIpc) is 3.39. The summed E-state index contributed by atoms with van der Waals surface area (Å²) in [4.78, 5) is 11.7. The molecule has 1 saturated carbocycles. The molecular weight excluding hydrogens is 485 g/mol. The third-order valence-corrected chi connectivity index (χ3v) is 7.71. The lowest BCUT2D eigenvalue weighted by Gasteiger charge is -2.32. The summed E-state index contributed by atoms with van der Waals surface area (Å²) in [6, 6.07) is 18.4. The molecule has 2 fully saturated rings. The molecule has 0 radical (unpaired) electrons. The minimum Gasteiger partial charge on any atom is -0.439 e. The maximum Gasteiger partial charge on any atom is 0.234 e. The predicted octanol–water partition coefficient (Wildman–Crippen LogP) is 6.44. The number of aromatic nitrogens is 2. The van der Waals surface area contributed by atoms with E-state index in [2.05, 4.69) is 27.4 Å². The molecule has 194 valence electrons. The lowest BCUT2D eigenvalue weighted by atomic mass is 9.79. The van der Waals surface area contributed by atoms with Gasteiger partial charge in [-0.2, -0.15) is 9.97 Å². The van der Waals surface area contributed by atoms with Gasteiger partial charge in [-0.1, -0.05) is 50.1 Å². The van der Waals surface area contributed by atoms with Gasteiger partial charge < -0.3 is 20.3 Å². The van der Waals surface area contributed by atoms with E-state index < -0.39 is 0 Å². The zero-order valence-corrected chi connectivity index (χ0v) is 22.1. The molecule has 1 atom stereocenters. The number of anilines is 2. The SMILES string of the molecule is C[C@@H]1CCCN(c2cc(Oc3ccccc3)nc(NC(=S)NCC3(c4ccc(F)cc4)CCCC3)n2)C1. The fourth-order valence-corrected chi connectivity index (χ4v) is 5.67. The molecule has 1 aliphatic heterocycles. The average molecular weight is 520 g/mol. The van der Waals surface area contributed by atoms with E-state index in [-0.39, 0.29) is 11.2 Å². The molecule has 0 spiro atoms. The summed E-state index contributed by atoms with van der Waals surface area (Å²) >= 11 is 5.67. The minimum absolute atomic E-state index is 0.0618. The van der Waals surface area contributed by atoms with E-state index in [1.807, 2.05) is 48.5 Å². The van der Waals surface area contributed by atoms with Crippen molar-refractivity contribution in [1.82, 2.24) is 15.3 Å². The van der Waals surface area contributed by atoms with Gasteiger partial charge in [-0.3, -0.25) is 0 Å². The number of ether oxygens (including phenoxy) is 1. The molecule has 6 nitrogen and oxygen atoms in total. The van der Waals surface area contributed by atoms with E-state index in [1.165, 1.54) is 6.42 Å². The summed E-state index contributed by atoms with van der Waals surface area (Å²) in [6.45, 7) is 4.84. The van der Waals surface area contributed by atoms with Crippen LogP contribution in [0, 0.1) is 11.7 Å². The zero-order chi connectivity index (χ0) is 25.7. The summed E-state index contributed by atoms with van der Waals surface area (Å²) in [5, 5.41) is 7.05. The van der Waals surface area contributed by atoms with Gasteiger partial charge in [0.2, 0.25) is 11.8 Å². The maximum atomic E-state index is 13.5. The van der Waals surface area contributed by atoms with E-state index >= 15 is 0 Å². The van der Waals surface area contributed by atoms with Crippen LogP contribution in [-0.4, -0.2) is 34.7 Å².